The molecular weight excluding hydrogens is 380 g/mol. The van der Waals surface area contributed by atoms with Gasteiger partial charge in [0, 0.05) is 44.8 Å². The molecule has 0 unspecified atom stereocenters. The summed E-state index contributed by atoms with van der Waals surface area (Å²) < 4.78 is 3.47. The fraction of sp³-hybridized carbons (Fsp3) is 0.455. The van der Waals surface area contributed by atoms with Crippen LogP contribution in [-0.2, 0) is 24.3 Å². The van der Waals surface area contributed by atoms with E-state index in [2.05, 4.69) is 31.6 Å². The Morgan fingerprint density at radius 2 is 1.77 bits per heavy atom. The Morgan fingerprint density at radius 3 is 2.57 bits per heavy atom. The van der Waals surface area contributed by atoms with Crippen LogP contribution in [0.25, 0.3) is 11.2 Å². The number of benzene rings is 1. The van der Waals surface area contributed by atoms with E-state index in [1.807, 2.05) is 23.1 Å². The summed E-state index contributed by atoms with van der Waals surface area (Å²) in [5.41, 5.74) is 1.99. The van der Waals surface area contributed by atoms with E-state index >= 15 is 0 Å². The number of amides is 1. The van der Waals surface area contributed by atoms with Crippen molar-refractivity contribution in [1.29, 1.82) is 0 Å². The van der Waals surface area contributed by atoms with E-state index in [1.165, 1.54) is 23.0 Å². The number of hydrogen-bond acceptors (Lipinski definition) is 5. The second-order valence-electron chi connectivity index (χ2n) is 8.04. The first-order valence-corrected chi connectivity index (χ1v) is 10.7. The average Bonchev–Trinajstić information content (AvgIpc) is 2.98. The molecule has 156 valence electrons. The van der Waals surface area contributed by atoms with Crippen molar-refractivity contribution in [1.82, 2.24) is 24.0 Å². The maximum Gasteiger partial charge on any atom is 0.282 e. The average molecular weight is 406 g/mol. The molecule has 8 heteroatoms. The van der Waals surface area contributed by atoms with Crippen LogP contribution >= 0.6 is 0 Å². The second kappa shape index (κ2) is 7.93. The highest BCUT2D eigenvalue weighted by atomic mass is 16.2. The lowest BCUT2D eigenvalue weighted by Crippen LogP contribution is -2.50. The van der Waals surface area contributed by atoms with Gasteiger partial charge in [0.25, 0.3) is 5.56 Å². The zero-order valence-electron chi connectivity index (χ0n) is 17.0. The number of carbonyl (C=O) groups excluding carboxylic acids is 1. The predicted octanol–water partition coefficient (Wildman–Crippen LogP) is 1.67. The van der Waals surface area contributed by atoms with Gasteiger partial charge in [-0.25, -0.2) is 9.97 Å². The van der Waals surface area contributed by atoms with Crippen LogP contribution in [0.4, 0.5) is 5.69 Å². The fourth-order valence-corrected chi connectivity index (χ4v) is 4.44. The van der Waals surface area contributed by atoms with E-state index in [0.29, 0.717) is 24.3 Å². The number of aryl methyl sites for hydroxylation is 2. The molecule has 8 nitrogen and oxygen atoms in total. The van der Waals surface area contributed by atoms with Gasteiger partial charge in [-0.2, -0.15) is 0 Å². The fourth-order valence-electron chi connectivity index (χ4n) is 4.44. The summed E-state index contributed by atoms with van der Waals surface area (Å²) in [7, 11) is 0. The van der Waals surface area contributed by atoms with Crippen molar-refractivity contribution in [3.8, 4) is 0 Å². The number of anilines is 1. The molecule has 30 heavy (non-hydrogen) atoms. The highest BCUT2D eigenvalue weighted by molar-refractivity contribution is 5.77. The molecule has 5 rings (SSSR count). The minimum Gasteiger partial charge on any atom is -0.368 e. The molecule has 1 aromatic carbocycles. The molecule has 0 bridgehead atoms. The number of fused-ring (bicyclic) bond motifs is 3. The summed E-state index contributed by atoms with van der Waals surface area (Å²) in [5.74, 6) is 0.889. The largest absolute Gasteiger partial charge is 0.368 e. The third-order valence-electron chi connectivity index (χ3n) is 6.14. The van der Waals surface area contributed by atoms with Gasteiger partial charge in [0.05, 0.1) is 0 Å². The van der Waals surface area contributed by atoms with Crippen LogP contribution in [0.1, 0.15) is 25.1 Å². The summed E-state index contributed by atoms with van der Waals surface area (Å²) in [5, 5.41) is 0. The molecule has 1 fully saturated rings. The van der Waals surface area contributed by atoms with Gasteiger partial charge in [0.2, 0.25) is 5.91 Å². The summed E-state index contributed by atoms with van der Waals surface area (Å²) in [6, 6.07) is 10.2. The van der Waals surface area contributed by atoms with E-state index in [9.17, 15) is 9.59 Å². The van der Waals surface area contributed by atoms with Gasteiger partial charge in [-0.1, -0.05) is 24.6 Å². The highest BCUT2D eigenvalue weighted by Crippen LogP contribution is 2.19. The molecular formula is C22H26N6O2. The third kappa shape index (κ3) is 3.46. The molecule has 0 radical (unpaired) electrons. The molecule has 4 heterocycles. The maximum atomic E-state index is 13.0. The molecule has 2 aliphatic rings. The molecule has 0 spiro atoms. The van der Waals surface area contributed by atoms with Crippen molar-refractivity contribution in [2.24, 2.45) is 0 Å². The molecule has 1 amide bonds. The number of nitrogens with zero attached hydrogens (tertiary/aromatic N) is 6. The van der Waals surface area contributed by atoms with Crippen molar-refractivity contribution in [2.45, 2.75) is 38.8 Å². The Kier molecular flexibility index (Phi) is 4.98. The third-order valence-corrected chi connectivity index (χ3v) is 6.14. The Balaban J connectivity index is 1.29. The standard InChI is InChI=1S/C22H26N6O2/c29-19(26-13-11-25(12-14-26)17-7-3-1-4-8-17)15-27-16-23-21-20(22(27)30)24-18-9-5-2-6-10-28(18)21/h1,3-4,7-8,16H,2,5-6,9-15H2. The van der Waals surface area contributed by atoms with Crippen LogP contribution in [0.5, 0.6) is 0 Å². The number of carbonyl (C=O) groups is 1. The van der Waals surface area contributed by atoms with E-state index in [0.717, 1.165) is 44.7 Å². The number of rotatable bonds is 3. The van der Waals surface area contributed by atoms with Gasteiger partial charge >= 0.3 is 0 Å². The van der Waals surface area contributed by atoms with Crippen molar-refractivity contribution in [2.75, 3.05) is 31.1 Å². The van der Waals surface area contributed by atoms with E-state index in [1.54, 1.807) is 0 Å². The molecule has 0 saturated carbocycles. The number of hydrogen-bond donors (Lipinski definition) is 0. The van der Waals surface area contributed by atoms with Crippen molar-refractivity contribution < 1.29 is 4.79 Å². The molecule has 0 N–H and O–H groups in total. The molecule has 1 saturated heterocycles. The molecule has 2 aromatic heterocycles. The zero-order valence-corrected chi connectivity index (χ0v) is 17.0. The van der Waals surface area contributed by atoms with Crippen LogP contribution in [0, 0.1) is 0 Å². The normalized spacial score (nSPS) is 17.1. The van der Waals surface area contributed by atoms with Crippen LogP contribution in [0.3, 0.4) is 0 Å². The van der Waals surface area contributed by atoms with Gasteiger partial charge in [0.15, 0.2) is 11.2 Å². The number of piperazine rings is 1. The maximum absolute atomic E-state index is 13.0. The summed E-state index contributed by atoms with van der Waals surface area (Å²) in [6.07, 6.45) is 5.72. The molecule has 0 atom stereocenters. The first-order valence-electron chi connectivity index (χ1n) is 10.7. The van der Waals surface area contributed by atoms with E-state index in [4.69, 9.17) is 0 Å². The number of imidazole rings is 1. The van der Waals surface area contributed by atoms with Gasteiger partial charge in [-0.15, -0.1) is 0 Å². The van der Waals surface area contributed by atoms with Crippen molar-refractivity contribution >= 4 is 22.8 Å². The number of para-hydroxylation sites is 1. The Hall–Kier alpha value is -3.16. The van der Waals surface area contributed by atoms with Crippen molar-refractivity contribution in [3.63, 3.8) is 0 Å². The van der Waals surface area contributed by atoms with Gasteiger partial charge in [-0.3, -0.25) is 14.2 Å². The number of aromatic nitrogens is 4. The predicted molar refractivity (Wildman–Crippen MR) is 115 cm³/mol. The van der Waals surface area contributed by atoms with E-state index < -0.39 is 0 Å². The monoisotopic (exact) mass is 406 g/mol. The smallest absolute Gasteiger partial charge is 0.282 e. The van der Waals surface area contributed by atoms with Gasteiger partial charge < -0.3 is 14.4 Å². The molecule has 0 aliphatic carbocycles. The van der Waals surface area contributed by atoms with Crippen LogP contribution in [0.15, 0.2) is 41.5 Å². The highest BCUT2D eigenvalue weighted by Gasteiger charge is 2.23. The first-order chi connectivity index (χ1) is 14.7. The van der Waals surface area contributed by atoms with Crippen LogP contribution < -0.4 is 10.5 Å². The Bertz CT molecular complexity index is 1110. The lowest BCUT2D eigenvalue weighted by atomic mass is 10.2. The van der Waals surface area contributed by atoms with E-state index in [-0.39, 0.29) is 18.0 Å². The topological polar surface area (TPSA) is 76.3 Å². The molecule has 2 aliphatic heterocycles. The lowest BCUT2D eigenvalue weighted by molar-refractivity contribution is -0.132. The minimum atomic E-state index is -0.225. The van der Waals surface area contributed by atoms with Crippen LogP contribution in [-0.4, -0.2) is 56.1 Å². The first kappa shape index (κ1) is 18.8. The lowest BCUT2D eigenvalue weighted by Gasteiger charge is -2.36. The summed E-state index contributed by atoms with van der Waals surface area (Å²) in [4.78, 5) is 39.0. The summed E-state index contributed by atoms with van der Waals surface area (Å²) in [6.45, 7) is 3.74. The zero-order chi connectivity index (χ0) is 20.5. The Morgan fingerprint density at radius 1 is 0.967 bits per heavy atom. The van der Waals surface area contributed by atoms with Crippen LogP contribution in [0.2, 0.25) is 0 Å². The van der Waals surface area contributed by atoms with Gasteiger partial charge in [-0.05, 0) is 25.0 Å². The molecule has 3 aromatic rings. The van der Waals surface area contributed by atoms with Gasteiger partial charge in [0.1, 0.15) is 18.7 Å². The quantitative estimate of drug-likeness (QED) is 0.661. The summed E-state index contributed by atoms with van der Waals surface area (Å²) >= 11 is 0. The minimum absolute atomic E-state index is 0.00923. The second-order valence-corrected chi connectivity index (χ2v) is 8.04. The SMILES string of the molecule is O=C(Cn1cnc2c(nc3n2CCCCC3)c1=O)N1CCN(c2ccccc2)CC1. The Labute approximate surface area is 174 Å². The van der Waals surface area contributed by atoms with Crippen molar-refractivity contribution in [3.05, 3.63) is 52.8 Å².